The zero-order valence-corrected chi connectivity index (χ0v) is 16.9. The highest BCUT2D eigenvalue weighted by Gasteiger charge is 2.44. The first-order chi connectivity index (χ1) is 13.3. The van der Waals surface area contributed by atoms with Crippen LogP contribution in [0.3, 0.4) is 0 Å². The molecule has 0 aliphatic heterocycles. The van der Waals surface area contributed by atoms with E-state index in [1.807, 2.05) is 12.1 Å². The summed E-state index contributed by atoms with van der Waals surface area (Å²) in [7, 11) is 1.38. The minimum Gasteiger partial charge on any atom is -0.465 e. The van der Waals surface area contributed by atoms with Gasteiger partial charge in [-0.15, -0.1) is 0 Å². The van der Waals surface area contributed by atoms with Gasteiger partial charge < -0.3 is 4.74 Å². The summed E-state index contributed by atoms with van der Waals surface area (Å²) in [5.74, 6) is -0.0282. The maximum Gasteiger partial charge on any atom is 0.337 e. The van der Waals surface area contributed by atoms with Crippen LogP contribution in [0, 0.1) is 18.3 Å². The van der Waals surface area contributed by atoms with Crippen molar-refractivity contribution in [3.05, 3.63) is 69.8 Å². The number of rotatable bonds is 4. The van der Waals surface area contributed by atoms with Crippen LogP contribution in [0.4, 0.5) is 0 Å². The van der Waals surface area contributed by atoms with Gasteiger partial charge in [-0.1, -0.05) is 43.7 Å². The molecular formula is C23H28N2O3. The fourth-order valence-corrected chi connectivity index (χ4v) is 4.52. The third-order valence-corrected chi connectivity index (χ3v) is 5.62. The molecule has 0 saturated heterocycles. The second kappa shape index (κ2) is 7.76. The van der Waals surface area contributed by atoms with Crippen LogP contribution in [-0.4, -0.2) is 24.1 Å². The third-order valence-electron chi connectivity index (χ3n) is 5.62. The highest BCUT2D eigenvalue weighted by molar-refractivity contribution is 5.95. The van der Waals surface area contributed by atoms with E-state index in [2.05, 4.69) is 44.5 Å². The number of nitrogens with one attached hydrogen (secondary N) is 2. The second-order valence-electron chi connectivity index (χ2n) is 8.01. The Labute approximate surface area is 166 Å². The van der Waals surface area contributed by atoms with E-state index < -0.39 is 5.41 Å². The smallest absolute Gasteiger partial charge is 0.337 e. The van der Waals surface area contributed by atoms with Crippen LogP contribution in [0.1, 0.15) is 58.4 Å². The first kappa shape index (κ1) is 20.1. The maximum absolute atomic E-state index is 12.1. The SMILES string of the molecule is COC(=O)c1ccc2c(c1)CCc1cc(C)ccc1C2(CC(C)C)C(=N)NO. The van der Waals surface area contributed by atoms with Crippen LogP contribution in [0.2, 0.25) is 0 Å². The zero-order valence-electron chi connectivity index (χ0n) is 16.9. The first-order valence-electron chi connectivity index (χ1n) is 9.64. The lowest BCUT2D eigenvalue weighted by molar-refractivity contribution is 0.0600. The van der Waals surface area contributed by atoms with E-state index >= 15 is 0 Å². The molecule has 0 aromatic heterocycles. The average molecular weight is 380 g/mol. The molecule has 0 saturated carbocycles. The molecule has 2 aromatic rings. The molecule has 1 aliphatic rings. The summed E-state index contributed by atoms with van der Waals surface area (Å²) in [6.07, 6.45) is 2.24. The van der Waals surface area contributed by atoms with Crippen molar-refractivity contribution in [1.29, 1.82) is 5.41 Å². The first-order valence-corrected chi connectivity index (χ1v) is 9.64. The normalized spacial score (nSPS) is 18.1. The van der Waals surface area contributed by atoms with Gasteiger partial charge in [-0.3, -0.25) is 16.1 Å². The van der Waals surface area contributed by atoms with E-state index in [0.717, 1.165) is 29.5 Å². The van der Waals surface area contributed by atoms with Crippen LogP contribution < -0.4 is 5.48 Å². The number of ether oxygens (including phenoxy) is 1. The number of benzene rings is 2. The van der Waals surface area contributed by atoms with Crippen LogP contribution in [0.15, 0.2) is 36.4 Å². The van der Waals surface area contributed by atoms with Gasteiger partial charge in [0.2, 0.25) is 0 Å². The van der Waals surface area contributed by atoms with E-state index in [9.17, 15) is 10.0 Å². The van der Waals surface area contributed by atoms with Gasteiger partial charge in [-0.05, 0) is 66.5 Å². The van der Waals surface area contributed by atoms with E-state index in [1.54, 1.807) is 6.07 Å². The monoisotopic (exact) mass is 380 g/mol. The largest absolute Gasteiger partial charge is 0.465 e. The number of hydrogen-bond acceptors (Lipinski definition) is 4. The summed E-state index contributed by atoms with van der Waals surface area (Å²) < 4.78 is 4.89. The standard InChI is InChI=1S/C23H28N2O3/c1-14(2)13-23(22(24)25-27)19-9-5-15(3)11-16(19)6-7-17-12-18(21(26)28-4)8-10-20(17)23/h5,8-12,14,27H,6-7,13H2,1-4H3,(H2,24,25). The van der Waals surface area contributed by atoms with E-state index in [0.29, 0.717) is 12.0 Å². The van der Waals surface area contributed by atoms with Crippen molar-refractivity contribution in [2.24, 2.45) is 5.92 Å². The van der Waals surface area contributed by atoms with Gasteiger partial charge in [0.1, 0.15) is 5.84 Å². The Bertz CT molecular complexity index is 920. The van der Waals surface area contributed by atoms with Gasteiger partial charge in [0.25, 0.3) is 0 Å². The van der Waals surface area contributed by atoms with Crippen molar-refractivity contribution in [3.8, 4) is 0 Å². The van der Waals surface area contributed by atoms with Gasteiger partial charge in [-0.25, -0.2) is 4.79 Å². The summed E-state index contributed by atoms with van der Waals surface area (Å²) in [6, 6.07) is 11.9. The minimum absolute atomic E-state index is 0.0558. The van der Waals surface area contributed by atoms with Crippen LogP contribution >= 0.6 is 0 Å². The highest BCUT2D eigenvalue weighted by atomic mass is 16.5. The molecule has 5 nitrogen and oxygen atoms in total. The summed E-state index contributed by atoms with van der Waals surface area (Å²) in [6.45, 7) is 6.30. The molecular weight excluding hydrogens is 352 g/mol. The van der Waals surface area contributed by atoms with Crippen molar-refractivity contribution in [3.63, 3.8) is 0 Å². The predicted octanol–water partition coefficient (Wildman–Crippen LogP) is 4.17. The molecule has 0 fully saturated rings. The molecule has 5 heteroatoms. The number of fused-ring (bicyclic) bond motifs is 2. The molecule has 148 valence electrons. The number of carbonyl (C=O) groups is 1. The topological polar surface area (TPSA) is 82.4 Å². The third kappa shape index (κ3) is 3.31. The van der Waals surface area contributed by atoms with Gasteiger partial charge in [0.05, 0.1) is 18.1 Å². The maximum atomic E-state index is 12.1. The summed E-state index contributed by atoms with van der Waals surface area (Å²) in [5, 5.41) is 18.5. The Hall–Kier alpha value is -2.66. The molecule has 1 atom stereocenters. The predicted molar refractivity (Wildman–Crippen MR) is 109 cm³/mol. The van der Waals surface area contributed by atoms with Crippen molar-refractivity contribution < 1.29 is 14.7 Å². The number of hydrogen-bond donors (Lipinski definition) is 3. The number of methoxy groups -OCH3 is 1. The fourth-order valence-electron chi connectivity index (χ4n) is 4.52. The molecule has 3 rings (SSSR count). The lowest BCUT2D eigenvalue weighted by Gasteiger charge is -2.38. The van der Waals surface area contributed by atoms with Crippen molar-refractivity contribution in [1.82, 2.24) is 5.48 Å². The van der Waals surface area contributed by atoms with Crippen LogP contribution in [0.5, 0.6) is 0 Å². The van der Waals surface area contributed by atoms with Gasteiger partial charge in [0, 0.05) is 0 Å². The molecule has 0 spiro atoms. The molecule has 28 heavy (non-hydrogen) atoms. The average Bonchev–Trinajstić information content (AvgIpc) is 2.81. The molecule has 3 N–H and O–H groups in total. The highest BCUT2D eigenvalue weighted by Crippen LogP contribution is 2.45. The number of aryl methyl sites for hydroxylation is 3. The second-order valence-corrected chi connectivity index (χ2v) is 8.01. The van der Waals surface area contributed by atoms with Gasteiger partial charge >= 0.3 is 5.97 Å². The molecule has 0 radical (unpaired) electrons. The molecule has 1 aliphatic carbocycles. The summed E-state index contributed by atoms with van der Waals surface area (Å²) in [5.41, 5.74) is 7.21. The summed E-state index contributed by atoms with van der Waals surface area (Å²) >= 11 is 0. The molecule has 2 aromatic carbocycles. The van der Waals surface area contributed by atoms with Crippen molar-refractivity contribution in [2.45, 2.75) is 45.4 Å². The van der Waals surface area contributed by atoms with Crippen LogP contribution in [-0.2, 0) is 23.0 Å². The van der Waals surface area contributed by atoms with Crippen LogP contribution in [0.25, 0.3) is 0 Å². The molecule has 0 bridgehead atoms. The van der Waals surface area contributed by atoms with E-state index in [-0.39, 0.29) is 17.7 Å². The lowest BCUT2D eigenvalue weighted by atomic mass is 9.66. The molecule has 0 amide bonds. The number of amidine groups is 1. The quantitative estimate of drug-likeness (QED) is 0.322. The molecule has 0 heterocycles. The fraction of sp³-hybridized carbons (Fsp3) is 0.391. The Morgan fingerprint density at radius 1 is 1.18 bits per heavy atom. The van der Waals surface area contributed by atoms with E-state index in [4.69, 9.17) is 10.1 Å². The Kier molecular flexibility index (Phi) is 5.57. The Morgan fingerprint density at radius 3 is 2.36 bits per heavy atom. The summed E-state index contributed by atoms with van der Waals surface area (Å²) in [4.78, 5) is 12.1. The number of esters is 1. The Morgan fingerprint density at radius 2 is 1.79 bits per heavy atom. The Balaban J connectivity index is 2.34. The van der Waals surface area contributed by atoms with Crippen molar-refractivity contribution >= 4 is 11.8 Å². The lowest BCUT2D eigenvalue weighted by Crippen LogP contribution is -2.45. The van der Waals surface area contributed by atoms with Gasteiger partial charge in [0.15, 0.2) is 0 Å². The van der Waals surface area contributed by atoms with Gasteiger partial charge in [-0.2, -0.15) is 0 Å². The van der Waals surface area contributed by atoms with E-state index in [1.165, 1.54) is 18.2 Å². The number of hydroxylamine groups is 1. The molecule has 1 unspecified atom stereocenters. The minimum atomic E-state index is -0.799. The zero-order chi connectivity index (χ0) is 20.5. The number of carbonyl (C=O) groups excluding carboxylic acids is 1. The van der Waals surface area contributed by atoms with Crippen molar-refractivity contribution in [2.75, 3.05) is 7.11 Å².